The summed E-state index contributed by atoms with van der Waals surface area (Å²) in [4.78, 5) is 23.2. The molecule has 1 aliphatic carbocycles. The van der Waals surface area contributed by atoms with Crippen LogP contribution < -0.4 is 10.1 Å². The maximum atomic E-state index is 12.1. The van der Waals surface area contributed by atoms with Gasteiger partial charge < -0.3 is 20.3 Å². The largest absolute Gasteiger partial charge is 0.504 e. The van der Waals surface area contributed by atoms with Gasteiger partial charge in [-0.3, -0.25) is 9.59 Å². The predicted octanol–water partition coefficient (Wildman–Crippen LogP) is 1.84. The van der Waals surface area contributed by atoms with E-state index in [9.17, 15) is 14.7 Å². The zero-order valence-electron chi connectivity index (χ0n) is 11.1. The molecule has 0 spiro atoms. The van der Waals surface area contributed by atoms with Crippen molar-refractivity contribution < 1.29 is 24.5 Å². The number of benzene rings is 1. The van der Waals surface area contributed by atoms with Crippen molar-refractivity contribution in [2.75, 3.05) is 12.4 Å². The van der Waals surface area contributed by atoms with Crippen molar-refractivity contribution >= 4 is 17.6 Å². The first-order valence-electron chi connectivity index (χ1n) is 6.43. The first-order valence-corrected chi connectivity index (χ1v) is 6.43. The number of aromatic hydroxyl groups is 1. The van der Waals surface area contributed by atoms with Crippen molar-refractivity contribution in [2.24, 2.45) is 11.8 Å². The third kappa shape index (κ3) is 2.84. The summed E-state index contributed by atoms with van der Waals surface area (Å²) < 4.78 is 4.91. The Bertz CT molecular complexity index is 528. The molecular formula is C14H17NO5. The fourth-order valence-electron chi connectivity index (χ4n) is 2.57. The van der Waals surface area contributed by atoms with Gasteiger partial charge in [-0.25, -0.2) is 0 Å². The van der Waals surface area contributed by atoms with E-state index in [1.165, 1.54) is 19.2 Å². The molecule has 0 saturated heterocycles. The summed E-state index contributed by atoms with van der Waals surface area (Å²) >= 11 is 0. The summed E-state index contributed by atoms with van der Waals surface area (Å²) in [6, 6.07) is 4.51. The second-order valence-corrected chi connectivity index (χ2v) is 4.86. The summed E-state index contributed by atoms with van der Waals surface area (Å²) in [5.41, 5.74) is 0.421. The maximum absolute atomic E-state index is 12.1. The highest BCUT2D eigenvalue weighted by Gasteiger charge is 2.37. The Kier molecular flexibility index (Phi) is 4.12. The zero-order valence-corrected chi connectivity index (χ0v) is 11.1. The van der Waals surface area contributed by atoms with Crippen LogP contribution in [0.25, 0.3) is 0 Å². The first kappa shape index (κ1) is 14.2. The lowest BCUT2D eigenvalue weighted by atomic mass is 9.95. The Balaban J connectivity index is 2.08. The Morgan fingerprint density at radius 1 is 1.30 bits per heavy atom. The molecule has 0 bridgehead atoms. The number of hydrogen-bond donors (Lipinski definition) is 3. The highest BCUT2D eigenvalue weighted by Crippen LogP contribution is 2.34. The molecule has 108 valence electrons. The molecule has 2 atom stereocenters. The first-order chi connectivity index (χ1) is 9.52. The summed E-state index contributed by atoms with van der Waals surface area (Å²) in [6.07, 6.45) is 1.84. The topological polar surface area (TPSA) is 95.9 Å². The number of anilines is 1. The number of ether oxygens (including phenoxy) is 1. The van der Waals surface area contributed by atoms with Crippen LogP contribution in [-0.4, -0.2) is 29.2 Å². The van der Waals surface area contributed by atoms with E-state index in [2.05, 4.69) is 5.32 Å². The van der Waals surface area contributed by atoms with Gasteiger partial charge in [-0.15, -0.1) is 0 Å². The molecule has 1 aromatic carbocycles. The second-order valence-electron chi connectivity index (χ2n) is 4.86. The maximum Gasteiger partial charge on any atom is 0.307 e. The quantitative estimate of drug-likeness (QED) is 0.781. The van der Waals surface area contributed by atoms with Gasteiger partial charge in [-0.05, 0) is 25.0 Å². The van der Waals surface area contributed by atoms with Gasteiger partial charge in [0.1, 0.15) is 0 Å². The van der Waals surface area contributed by atoms with Crippen molar-refractivity contribution in [2.45, 2.75) is 19.3 Å². The van der Waals surface area contributed by atoms with E-state index in [1.807, 2.05) is 0 Å². The van der Waals surface area contributed by atoms with Gasteiger partial charge >= 0.3 is 5.97 Å². The number of rotatable bonds is 4. The summed E-state index contributed by atoms with van der Waals surface area (Å²) in [7, 11) is 1.43. The van der Waals surface area contributed by atoms with Crippen LogP contribution in [0.5, 0.6) is 11.5 Å². The molecule has 1 saturated carbocycles. The predicted molar refractivity (Wildman–Crippen MR) is 71.8 cm³/mol. The van der Waals surface area contributed by atoms with E-state index in [0.717, 1.165) is 6.42 Å². The lowest BCUT2D eigenvalue weighted by Crippen LogP contribution is -2.29. The molecule has 1 amide bonds. The molecule has 20 heavy (non-hydrogen) atoms. The summed E-state index contributed by atoms with van der Waals surface area (Å²) in [5, 5.41) is 21.4. The normalized spacial score (nSPS) is 21.4. The lowest BCUT2D eigenvalue weighted by molar-refractivity contribution is -0.145. The molecule has 1 fully saturated rings. The molecule has 0 aromatic heterocycles. The van der Waals surface area contributed by atoms with Gasteiger partial charge in [0.25, 0.3) is 0 Å². The Hall–Kier alpha value is -2.24. The molecule has 6 nitrogen and oxygen atoms in total. The number of carbonyl (C=O) groups excluding carboxylic acids is 1. The Morgan fingerprint density at radius 2 is 2.00 bits per heavy atom. The van der Waals surface area contributed by atoms with E-state index in [1.54, 1.807) is 6.07 Å². The minimum Gasteiger partial charge on any atom is -0.504 e. The fraction of sp³-hybridized carbons (Fsp3) is 0.429. The van der Waals surface area contributed by atoms with Crippen LogP contribution in [0.1, 0.15) is 19.3 Å². The zero-order chi connectivity index (χ0) is 14.7. The van der Waals surface area contributed by atoms with Crippen LogP contribution in [0.4, 0.5) is 5.69 Å². The monoisotopic (exact) mass is 279 g/mol. The molecule has 1 aliphatic rings. The van der Waals surface area contributed by atoms with Crippen molar-refractivity contribution in [3.05, 3.63) is 18.2 Å². The minimum absolute atomic E-state index is 0.0773. The van der Waals surface area contributed by atoms with E-state index in [-0.39, 0.29) is 11.7 Å². The van der Waals surface area contributed by atoms with Gasteiger partial charge in [0, 0.05) is 11.8 Å². The van der Waals surface area contributed by atoms with Crippen molar-refractivity contribution in [3.8, 4) is 11.5 Å². The highest BCUT2D eigenvalue weighted by molar-refractivity contribution is 5.95. The Morgan fingerprint density at radius 3 is 2.60 bits per heavy atom. The van der Waals surface area contributed by atoms with Gasteiger partial charge in [0.05, 0.1) is 18.9 Å². The van der Waals surface area contributed by atoms with Gasteiger partial charge in [-0.2, -0.15) is 0 Å². The van der Waals surface area contributed by atoms with Crippen LogP contribution in [-0.2, 0) is 9.59 Å². The molecule has 1 aromatic rings. The molecule has 6 heteroatoms. The van der Waals surface area contributed by atoms with E-state index in [0.29, 0.717) is 24.3 Å². The van der Waals surface area contributed by atoms with Crippen molar-refractivity contribution in [1.82, 2.24) is 0 Å². The lowest BCUT2D eigenvalue weighted by Gasteiger charge is -2.16. The number of methoxy groups -OCH3 is 1. The molecule has 0 aliphatic heterocycles. The number of hydrogen-bond acceptors (Lipinski definition) is 4. The number of carboxylic acids is 1. The summed E-state index contributed by atoms with van der Waals surface area (Å²) in [6.45, 7) is 0. The average Bonchev–Trinajstić information content (AvgIpc) is 2.88. The van der Waals surface area contributed by atoms with Gasteiger partial charge in [-0.1, -0.05) is 6.42 Å². The number of carbonyl (C=O) groups is 2. The number of phenols is 1. The number of amides is 1. The molecule has 3 N–H and O–H groups in total. The third-order valence-electron chi connectivity index (χ3n) is 3.62. The van der Waals surface area contributed by atoms with Crippen LogP contribution in [0.2, 0.25) is 0 Å². The number of carboxylic acid groups (broad SMARTS) is 1. The SMILES string of the molecule is COc1ccc(NC(=O)[C@@H]2CCC[C@@H]2C(=O)O)cc1O. The minimum atomic E-state index is -0.930. The molecule has 2 rings (SSSR count). The number of phenolic OH excluding ortho intramolecular Hbond substituents is 1. The van der Waals surface area contributed by atoms with E-state index >= 15 is 0 Å². The second kappa shape index (κ2) is 5.81. The standard InChI is InChI=1S/C14H17NO5/c1-20-12-6-5-8(7-11(12)16)15-13(17)9-3-2-4-10(9)14(18)19/h5-7,9-10,16H,2-4H2,1H3,(H,15,17)(H,18,19)/t9-,10+/m1/s1. The van der Waals surface area contributed by atoms with E-state index in [4.69, 9.17) is 9.84 Å². The van der Waals surface area contributed by atoms with E-state index < -0.39 is 17.8 Å². The molecule has 0 radical (unpaired) electrons. The van der Waals surface area contributed by atoms with Crippen LogP contribution >= 0.6 is 0 Å². The van der Waals surface area contributed by atoms with Crippen molar-refractivity contribution in [3.63, 3.8) is 0 Å². The van der Waals surface area contributed by atoms with Gasteiger partial charge in [0.2, 0.25) is 5.91 Å². The third-order valence-corrected chi connectivity index (χ3v) is 3.62. The smallest absolute Gasteiger partial charge is 0.307 e. The average molecular weight is 279 g/mol. The number of aliphatic carboxylic acids is 1. The van der Waals surface area contributed by atoms with Gasteiger partial charge in [0.15, 0.2) is 11.5 Å². The summed E-state index contributed by atoms with van der Waals surface area (Å²) in [5.74, 6) is -2.16. The van der Waals surface area contributed by atoms with Crippen LogP contribution in [0.15, 0.2) is 18.2 Å². The van der Waals surface area contributed by atoms with Crippen LogP contribution in [0, 0.1) is 11.8 Å². The Labute approximate surface area is 116 Å². The molecule has 0 unspecified atom stereocenters. The highest BCUT2D eigenvalue weighted by atomic mass is 16.5. The van der Waals surface area contributed by atoms with Crippen molar-refractivity contribution in [1.29, 1.82) is 0 Å². The molecular weight excluding hydrogens is 262 g/mol. The fourth-order valence-corrected chi connectivity index (χ4v) is 2.57. The van der Waals surface area contributed by atoms with Crippen LogP contribution in [0.3, 0.4) is 0 Å². The number of nitrogens with one attached hydrogen (secondary N) is 1. The molecule has 0 heterocycles.